The normalized spacial score (nSPS) is 10.5. The van der Waals surface area contributed by atoms with Crippen molar-refractivity contribution in [3.63, 3.8) is 0 Å². The molecule has 0 aliphatic rings. The maximum absolute atomic E-state index is 13.0. The fourth-order valence-electron chi connectivity index (χ4n) is 1.77. The van der Waals surface area contributed by atoms with Gasteiger partial charge in [0.1, 0.15) is 18.2 Å². The van der Waals surface area contributed by atoms with Crippen LogP contribution in [0.5, 0.6) is 5.75 Å². The Morgan fingerprint density at radius 3 is 2.63 bits per heavy atom. The van der Waals surface area contributed by atoms with Crippen molar-refractivity contribution in [1.82, 2.24) is 0 Å². The summed E-state index contributed by atoms with van der Waals surface area (Å²) in [5, 5.41) is 0.544. The van der Waals surface area contributed by atoms with Crippen LogP contribution in [0.2, 0.25) is 5.02 Å². The predicted molar refractivity (Wildman–Crippen MR) is 74.9 cm³/mol. The molecule has 2 N–H and O–H groups in total. The molecule has 0 aliphatic carbocycles. The van der Waals surface area contributed by atoms with Crippen molar-refractivity contribution < 1.29 is 9.13 Å². The fraction of sp³-hybridized carbons (Fsp3) is 0.200. The van der Waals surface area contributed by atoms with Crippen molar-refractivity contribution in [2.24, 2.45) is 5.73 Å². The standard InChI is InChI=1S/C15H15ClFNO/c16-14-9-11(6-7-18)4-5-15(14)19-10-12-2-1-3-13(17)8-12/h1-5,8-9H,6-7,10,18H2. The highest BCUT2D eigenvalue weighted by atomic mass is 35.5. The van der Waals surface area contributed by atoms with E-state index in [2.05, 4.69) is 0 Å². The quantitative estimate of drug-likeness (QED) is 0.908. The first-order valence-corrected chi connectivity index (χ1v) is 6.42. The number of nitrogens with two attached hydrogens (primary N) is 1. The first kappa shape index (κ1) is 13.8. The molecule has 0 saturated heterocycles. The third kappa shape index (κ3) is 3.94. The number of benzene rings is 2. The van der Waals surface area contributed by atoms with Crippen molar-refractivity contribution in [3.05, 3.63) is 64.4 Å². The van der Waals surface area contributed by atoms with Gasteiger partial charge in [-0.05, 0) is 48.4 Å². The van der Waals surface area contributed by atoms with Gasteiger partial charge in [0.05, 0.1) is 5.02 Å². The Kier molecular flexibility index (Phi) is 4.77. The minimum Gasteiger partial charge on any atom is -0.487 e. The molecule has 0 amide bonds. The van der Waals surface area contributed by atoms with Gasteiger partial charge in [-0.2, -0.15) is 0 Å². The van der Waals surface area contributed by atoms with Crippen LogP contribution in [0.25, 0.3) is 0 Å². The van der Waals surface area contributed by atoms with Crippen molar-refractivity contribution in [2.75, 3.05) is 6.54 Å². The average Bonchev–Trinajstić information content (AvgIpc) is 2.38. The molecule has 19 heavy (non-hydrogen) atoms. The summed E-state index contributed by atoms with van der Waals surface area (Å²) in [5.74, 6) is 0.317. The van der Waals surface area contributed by atoms with Gasteiger partial charge in [0.25, 0.3) is 0 Å². The van der Waals surface area contributed by atoms with E-state index in [1.807, 2.05) is 18.2 Å². The minimum absolute atomic E-state index is 0.273. The fourth-order valence-corrected chi connectivity index (χ4v) is 2.03. The van der Waals surface area contributed by atoms with E-state index in [9.17, 15) is 4.39 Å². The number of ether oxygens (including phenoxy) is 1. The van der Waals surface area contributed by atoms with Crippen LogP contribution in [0.15, 0.2) is 42.5 Å². The Balaban J connectivity index is 2.03. The molecule has 2 aromatic carbocycles. The van der Waals surface area contributed by atoms with Crippen LogP contribution in [0, 0.1) is 5.82 Å². The van der Waals surface area contributed by atoms with Gasteiger partial charge in [-0.3, -0.25) is 0 Å². The first-order chi connectivity index (χ1) is 9.19. The summed E-state index contributed by atoms with van der Waals surface area (Å²) in [6, 6.07) is 11.9. The van der Waals surface area contributed by atoms with Crippen molar-refractivity contribution in [3.8, 4) is 5.75 Å². The number of halogens is 2. The van der Waals surface area contributed by atoms with Gasteiger partial charge < -0.3 is 10.5 Å². The highest BCUT2D eigenvalue weighted by Crippen LogP contribution is 2.26. The third-order valence-electron chi connectivity index (χ3n) is 2.71. The Morgan fingerprint density at radius 1 is 1.11 bits per heavy atom. The van der Waals surface area contributed by atoms with Crippen LogP contribution in [0.4, 0.5) is 4.39 Å². The molecule has 2 nitrogen and oxygen atoms in total. The van der Waals surface area contributed by atoms with Gasteiger partial charge in [0, 0.05) is 0 Å². The van der Waals surface area contributed by atoms with Crippen LogP contribution in [0.1, 0.15) is 11.1 Å². The third-order valence-corrected chi connectivity index (χ3v) is 3.01. The maximum atomic E-state index is 13.0. The van der Waals surface area contributed by atoms with E-state index in [1.165, 1.54) is 12.1 Å². The second kappa shape index (κ2) is 6.55. The van der Waals surface area contributed by atoms with Gasteiger partial charge >= 0.3 is 0 Å². The smallest absolute Gasteiger partial charge is 0.138 e. The molecule has 2 rings (SSSR count). The van der Waals surface area contributed by atoms with Crippen LogP contribution in [-0.4, -0.2) is 6.54 Å². The van der Waals surface area contributed by atoms with Crippen molar-refractivity contribution >= 4 is 11.6 Å². The summed E-state index contributed by atoms with van der Waals surface area (Å²) in [7, 11) is 0. The molecule has 0 aliphatic heterocycles. The van der Waals surface area contributed by atoms with Crippen LogP contribution >= 0.6 is 11.6 Å². The van der Waals surface area contributed by atoms with Gasteiger partial charge in [-0.1, -0.05) is 29.8 Å². The average molecular weight is 280 g/mol. The SMILES string of the molecule is NCCc1ccc(OCc2cccc(F)c2)c(Cl)c1. The van der Waals surface area contributed by atoms with E-state index in [4.69, 9.17) is 22.1 Å². The number of hydrogen-bond acceptors (Lipinski definition) is 2. The Morgan fingerprint density at radius 2 is 1.95 bits per heavy atom. The molecular formula is C15H15ClFNO. The number of hydrogen-bond donors (Lipinski definition) is 1. The van der Waals surface area contributed by atoms with Gasteiger partial charge in [-0.15, -0.1) is 0 Å². The number of rotatable bonds is 5. The Bertz CT molecular complexity index is 560. The van der Waals surface area contributed by atoms with Crippen LogP contribution < -0.4 is 10.5 Å². The van der Waals surface area contributed by atoms with Crippen molar-refractivity contribution in [2.45, 2.75) is 13.0 Å². The zero-order valence-corrected chi connectivity index (χ0v) is 11.2. The summed E-state index contributed by atoms with van der Waals surface area (Å²) in [4.78, 5) is 0. The second-order valence-electron chi connectivity index (χ2n) is 4.22. The molecule has 0 aromatic heterocycles. The van der Waals surface area contributed by atoms with E-state index >= 15 is 0 Å². The lowest BCUT2D eigenvalue weighted by Gasteiger charge is -2.09. The van der Waals surface area contributed by atoms with E-state index < -0.39 is 0 Å². The van der Waals surface area contributed by atoms with Crippen LogP contribution in [-0.2, 0) is 13.0 Å². The van der Waals surface area contributed by atoms with Gasteiger partial charge in [0.2, 0.25) is 0 Å². The monoisotopic (exact) mass is 279 g/mol. The largest absolute Gasteiger partial charge is 0.487 e. The van der Waals surface area contributed by atoms with Gasteiger partial charge in [-0.25, -0.2) is 4.39 Å². The highest BCUT2D eigenvalue weighted by Gasteiger charge is 2.04. The zero-order valence-electron chi connectivity index (χ0n) is 10.4. The van der Waals surface area contributed by atoms with E-state index in [1.54, 1.807) is 12.1 Å². The lowest BCUT2D eigenvalue weighted by atomic mass is 10.1. The summed E-state index contributed by atoms with van der Waals surface area (Å²) in [6.45, 7) is 0.869. The highest BCUT2D eigenvalue weighted by molar-refractivity contribution is 6.32. The molecule has 2 aromatic rings. The molecule has 0 radical (unpaired) electrons. The molecule has 0 atom stereocenters. The molecule has 100 valence electrons. The molecule has 0 fully saturated rings. The molecule has 0 bridgehead atoms. The van der Waals surface area contributed by atoms with Gasteiger partial charge in [0.15, 0.2) is 0 Å². The first-order valence-electron chi connectivity index (χ1n) is 6.05. The minimum atomic E-state index is -0.273. The zero-order chi connectivity index (χ0) is 13.7. The second-order valence-corrected chi connectivity index (χ2v) is 4.63. The summed E-state index contributed by atoms with van der Waals surface area (Å²) < 4.78 is 18.6. The van der Waals surface area contributed by atoms with E-state index in [-0.39, 0.29) is 12.4 Å². The van der Waals surface area contributed by atoms with Crippen LogP contribution in [0.3, 0.4) is 0 Å². The molecule has 4 heteroatoms. The lowest BCUT2D eigenvalue weighted by Crippen LogP contribution is -2.03. The van der Waals surface area contributed by atoms with E-state index in [0.717, 1.165) is 17.5 Å². The summed E-state index contributed by atoms with van der Waals surface area (Å²) in [6.07, 6.45) is 0.782. The lowest BCUT2D eigenvalue weighted by molar-refractivity contribution is 0.305. The van der Waals surface area contributed by atoms with Crippen molar-refractivity contribution in [1.29, 1.82) is 0 Å². The molecule has 0 saturated carbocycles. The Hall–Kier alpha value is -1.58. The summed E-state index contributed by atoms with van der Waals surface area (Å²) in [5.41, 5.74) is 7.33. The van der Waals surface area contributed by atoms with E-state index in [0.29, 0.717) is 17.3 Å². The maximum Gasteiger partial charge on any atom is 0.138 e. The summed E-state index contributed by atoms with van der Waals surface area (Å²) >= 11 is 6.12. The topological polar surface area (TPSA) is 35.2 Å². The molecular weight excluding hydrogens is 265 g/mol. The molecule has 0 heterocycles. The molecule has 0 spiro atoms. The molecule has 0 unspecified atom stereocenters. The predicted octanol–water partition coefficient (Wildman–Crippen LogP) is 3.56. The Labute approximate surface area is 117 Å².